The van der Waals surface area contributed by atoms with Crippen LogP contribution in [0, 0.1) is 6.92 Å². The average Bonchev–Trinajstić information content (AvgIpc) is 2.47. The number of aryl methyl sites for hydroxylation is 1. The third-order valence-corrected chi connectivity index (χ3v) is 2.97. The van der Waals surface area contributed by atoms with Crippen molar-refractivity contribution < 1.29 is 5.11 Å². The van der Waals surface area contributed by atoms with E-state index in [4.69, 9.17) is 0 Å². The van der Waals surface area contributed by atoms with Gasteiger partial charge < -0.3 is 10.0 Å². The first-order valence-corrected chi connectivity index (χ1v) is 5.36. The maximum absolute atomic E-state index is 9.82. The first kappa shape index (κ1) is 10.7. The highest BCUT2D eigenvalue weighted by Gasteiger charge is 2.10. The zero-order valence-electron chi connectivity index (χ0n) is 8.45. The third kappa shape index (κ3) is 3.10. The van der Waals surface area contributed by atoms with Crippen LogP contribution in [0.3, 0.4) is 0 Å². The molecule has 1 rings (SSSR count). The molecule has 0 bridgehead atoms. The van der Waals surface area contributed by atoms with E-state index in [1.54, 1.807) is 11.3 Å². The molecule has 0 spiro atoms. The van der Waals surface area contributed by atoms with Gasteiger partial charge in [0.15, 0.2) is 0 Å². The monoisotopic (exact) mass is 199 g/mol. The van der Waals surface area contributed by atoms with Gasteiger partial charge in [-0.1, -0.05) is 0 Å². The van der Waals surface area contributed by atoms with Gasteiger partial charge in [-0.3, -0.25) is 0 Å². The smallest absolute Gasteiger partial charge is 0.0812 e. The lowest BCUT2D eigenvalue weighted by molar-refractivity contribution is 0.154. The molecular weight excluding hydrogens is 182 g/mol. The van der Waals surface area contributed by atoms with Gasteiger partial charge in [-0.2, -0.15) is 0 Å². The molecule has 74 valence electrons. The maximum atomic E-state index is 9.82. The van der Waals surface area contributed by atoms with Crippen LogP contribution in [0.25, 0.3) is 0 Å². The lowest BCUT2D eigenvalue weighted by atomic mass is 10.1. The van der Waals surface area contributed by atoms with E-state index < -0.39 is 0 Å². The number of nitrogens with zero attached hydrogens (tertiary/aromatic N) is 1. The molecule has 0 aliphatic rings. The lowest BCUT2D eigenvalue weighted by Gasteiger charge is -2.14. The Bertz CT molecular complexity index is 257. The van der Waals surface area contributed by atoms with Crippen LogP contribution in [0.2, 0.25) is 0 Å². The molecule has 0 aliphatic heterocycles. The van der Waals surface area contributed by atoms with Crippen LogP contribution in [-0.4, -0.2) is 30.6 Å². The van der Waals surface area contributed by atoms with Crippen LogP contribution < -0.4 is 0 Å². The van der Waals surface area contributed by atoms with Crippen molar-refractivity contribution in [1.29, 1.82) is 0 Å². The number of rotatable bonds is 4. The molecular formula is C10H17NOS. The summed E-state index contributed by atoms with van der Waals surface area (Å²) in [5, 5.41) is 11.9. The van der Waals surface area contributed by atoms with Crippen molar-refractivity contribution in [2.75, 3.05) is 20.6 Å². The molecule has 0 saturated heterocycles. The van der Waals surface area contributed by atoms with Crippen molar-refractivity contribution in [1.82, 2.24) is 4.90 Å². The molecule has 0 aliphatic carbocycles. The van der Waals surface area contributed by atoms with E-state index in [9.17, 15) is 5.11 Å². The summed E-state index contributed by atoms with van der Waals surface area (Å²) >= 11 is 1.69. The van der Waals surface area contributed by atoms with Crippen LogP contribution in [-0.2, 0) is 0 Å². The van der Waals surface area contributed by atoms with Gasteiger partial charge in [-0.25, -0.2) is 0 Å². The second-order valence-electron chi connectivity index (χ2n) is 3.54. The highest BCUT2D eigenvalue weighted by Crippen LogP contribution is 2.24. The molecule has 1 aromatic rings. The van der Waals surface area contributed by atoms with Gasteiger partial charge in [0.2, 0.25) is 0 Å². The van der Waals surface area contributed by atoms with E-state index in [-0.39, 0.29) is 6.10 Å². The standard InChI is InChI=1S/C10H17NOS/c1-8-9(5-7-13-8)10(12)4-6-11(2)3/h5,7,10,12H,4,6H2,1-3H3. The Morgan fingerprint density at radius 1 is 1.54 bits per heavy atom. The Morgan fingerprint density at radius 2 is 2.23 bits per heavy atom. The van der Waals surface area contributed by atoms with E-state index >= 15 is 0 Å². The largest absolute Gasteiger partial charge is 0.388 e. The third-order valence-electron chi connectivity index (χ3n) is 2.11. The Labute approximate surface area is 83.8 Å². The molecule has 0 saturated carbocycles. The summed E-state index contributed by atoms with van der Waals surface area (Å²) in [7, 11) is 4.04. The Hall–Kier alpha value is -0.380. The van der Waals surface area contributed by atoms with Crippen molar-refractivity contribution in [3.05, 3.63) is 21.9 Å². The molecule has 2 nitrogen and oxygen atoms in total. The Balaban J connectivity index is 2.49. The van der Waals surface area contributed by atoms with Crippen LogP contribution in [0.5, 0.6) is 0 Å². The minimum atomic E-state index is -0.298. The van der Waals surface area contributed by atoms with Crippen LogP contribution in [0.4, 0.5) is 0 Å². The quantitative estimate of drug-likeness (QED) is 0.802. The van der Waals surface area contributed by atoms with Crippen LogP contribution >= 0.6 is 11.3 Å². The normalized spacial score (nSPS) is 13.6. The molecule has 1 atom stereocenters. The number of aliphatic hydroxyl groups excluding tert-OH is 1. The predicted molar refractivity (Wildman–Crippen MR) is 57.2 cm³/mol. The van der Waals surface area contributed by atoms with Crippen molar-refractivity contribution >= 4 is 11.3 Å². The maximum Gasteiger partial charge on any atom is 0.0812 e. The van der Waals surface area contributed by atoms with Gasteiger partial charge in [0, 0.05) is 11.4 Å². The van der Waals surface area contributed by atoms with Crippen molar-refractivity contribution in [2.45, 2.75) is 19.4 Å². The molecule has 0 amide bonds. The summed E-state index contributed by atoms with van der Waals surface area (Å²) in [4.78, 5) is 3.32. The highest BCUT2D eigenvalue weighted by atomic mass is 32.1. The SMILES string of the molecule is Cc1sccc1C(O)CCN(C)C. The topological polar surface area (TPSA) is 23.5 Å². The summed E-state index contributed by atoms with van der Waals surface area (Å²) in [5.41, 5.74) is 1.09. The second kappa shape index (κ2) is 4.74. The van der Waals surface area contributed by atoms with Crippen molar-refractivity contribution in [3.63, 3.8) is 0 Å². The fourth-order valence-electron chi connectivity index (χ4n) is 1.28. The highest BCUT2D eigenvalue weighted by molar-refractivity contribution is 7.10. The fraction of sp³-hybridized carbons (Fsp3) is 0.600. The summed E-state index contributed by atoms with van der Waals surface area (Å²) in [6, 6.07) is 2.01. The van der Waals surface area contributed by atoms with Crippen LogP contribution in [0.15, 0.2) is 11.4 Å². The summed E-state index contributed by atoms with van der Waals surface area (Å²) in [6.07, 6.45) is 0.513. The molecule has 3 heteroatoms. The zero-order chi connectivity index (χ0) is 9.84. The van der Waals surface area contributed by atoms with E-state index in [0.717, 1.165) is 18.5 Å². The van der Waals surface area contributed by atoms with Gasteiger partial charge in [0.25, 0.3) is 0 Å². The van der Waals surface area contributed by atoms with Crippen molar-refractivity contribution in [2.24, 2.45) is 0 Å². The first-order valence-electron chi connectivity index (χ1n) is 4.48. The van der Waals surface area contributed by atoms with E-state index in [2.05, 4.69) is 11.8 Å². The second-order valence-corrected chi connectivity index (χ2v) is 4.66. The minimum absolute atomic E-state index is 0.298. The van der Waals surface area contributed by atoms with E-state index in [1.165, 1.54) is 4.88 Å². The summed E-state index contributed by atoms with van der Waals surface area (Å²) < 4.78 is 0. The Kier molecular flexibility index (Phi) is 3.90. The molecule has 1 heterocycles. The zero-order valence-corrected chi connectivity index (χ0v) is 9.27. The summed E-state index contributed by atoms with van der Waals surface area (Å²) in [6.45, 7) is 2.98. The molecule has 0 radical (unpaired) electrons. The average molecular weight is 199 g/mol. The van der Waals surface area contributed by atoms with Gasteiger partial charge in [0.05, 0.1) is 6.10 Å². The van der Waals surface area contributed by atoms with Crippen molar-refractivity contribution in [3.8, 4) is 0 Å². The van der Waals surface area contributed by atoms with Gasteiger partial charge in [0.1, 0.15) is 0 Å². The molecule has 0 fully saturated rings. The summed E-state index contributed by atoms with van der Waals surface area (Å²) in [5.74, 6) is 0. The fourth-order valence-corrected chi connectivity index (χ4v) is 2.04. The predicted octanol–water partition coefficient (Wildman–Crippen LogP) is 2.04. The van der Waals surface area contributed by atoms with Gasteiger partial charge in [-0.05, 0) is 44.4 Å². The molecule has 0 aromatic carbocycles. The molecule has 1 N–H and O–H groups in total. The molecule has 13 heavy (non-hydrogen) atoms. The number of thiophene rings is 1. The number of hydrogen-bond donors (Lipinski definition) is 1. The van der Waals surface area contributed by atoms with Gasteiger partial charge in [-0.15, -0.1) is 11.3 Å². The molecule has 1 unspecified atom stereocenters. The van der Waals surface area contributed by atoms with E-state index in [1.807, 2.05) is 25.5 Å². The minimum Gasteiger partial charge on any atom is -0.388 e. The van der Waals surface area contributed by atoms with Crippen LogP contribution in [0.1, 0.15) is 23.0 Å². The lowest BCUT2D eigenvalue weighted by Crippen LogP contribution is -2.15. The van der Waals surface area contributed by atoms with Gasteiger partial charge >= 0.3 is 0 Å². The van der Waals surface area contributed by atoms with E-state index in [0.29, 0.717) is 0 Å². The first-order chi connectivity index (χ1) is 6.11. The molecule has 1 aromatic heterocycles. The Morgan fingerprint density at radius 3 is 2.69 bits per heavy atom. The number of aliphatic hydroxyl groups is 1. The number of hydrogen-bond acceptors (Lipinski definition) is 3.